The number of hydrogen-bond donors (Lipinski definition) is 2. The molecule has 1 amide bonds. The molecule has 0 radical (unpaired) electrons. The van der Waals surface area contributed by atoms with Crippen molar-refractivity contribution in [3.05, 3.63) is 90.4 Å². The Morgan fingerprint density at radius 3 is 2.45 bits per heavy atom. The maximum atomic E-state index is 15.3. The number of carbonyl (C=O) groups is 1. The molecule has 244 valence electrons. The van der Waals surface area contributed by atoms with Crippen molar-refractivity contribution in [2.45, 2.75) is 6.42 Å². The molecule has 1 aliphatic heterocycles. The molecule has 0 saturated carbocycles. The van der Waals surface area contributed by atoms with Crippen LogP contribution in [-0.4, -0.2) is 79.1 Å². The summed E-state index contributed by atoms with van der Waals surface area (Å²) in [7, 11) is 2.96. The quantitative estimate of drug-likeness (QED) is 0.172. The SMILES string of the molecule is COc1cc2c(Oc3ccc(NC(=O)c4nn(-c5ccc(F)cc5)cc4OC)cc3F)ccnc2cc1OCCCN1CCNCC1. The summed E-state index contributed by atoms with van der Waals surface area (Å²) >= 11 is 0. The molecule has 11 nitrogen and oxygen atoms in total. The lowest BCUT2D eigenvalue weighted by molar-refractivity contribution is 0.101. The monoisotopic (exact) mass is 644 g/mol. The van der Waals surface area contributed by atoms with Gasteiger partial charge in [0.2, 0.25) is 0 Å². The molecule has 6 rings (SSSR count). The summed E-state index contributed by atoms with van der Waals surface area (Å²) in [5.41, 5.74) is 1.28. The first-order valence-corrected chi connectivity index (χ1v) is 15.1. The van der Waals surface area contributed by atoms with Crippen molar-refractivity contribution in [1.82, 2.24) is 25.0 Å². The molecule has 1 saturated heterocycles. The van der Waals surface area contributed by atoms with Gasteiger partial charge in [0.25, 0.3) is 5.91 Å². The highest BCUT2D eigenvalue weighted by atomic mass is 19.1. The fourth-order valence-corrected chi connectivity index (χ4v) is 5.26. The number of fused-ring (bicyclic) bond motifs is 1. The van der Waals surface area contributed by atoms with Crippen LogP contribution in [0, 0.1) is 11.6 Å². The molecule has 0 aliphatic carbocycles. The summed E-state index contributed by atoms with van der Waals surface area (Å²) < 4.78 is 53.0. The van der Waals surface area contributed by atoms with E-state index in [2.05, 4.69) is 25.6 Å². The minimum Gasteiger partial charge on any atom is -0.493 e. The van der Waals surface area contributed by atoms with Crippen LogP contribution in [0.3, 0.4) is 0 Å². The first-order chi connectivity index (χ1) is 22.9. The Bertz CT molecular complexity index is 1860. The van der Waals surface area contributed by atoms with Gasteiger partial charge in [0, 0.05) is 62.1 Å². The van der Waals surface area contributed by atoms with Gasteiger partial charge in [0.1, 0.15) is 11.6 Å². The largest absolute Gasteiger partial charge is 0.493 e. The van der Waals surface area contributed by atoms with E-state index >= 15 is 4.39 Å². The first kappa shape index (κ1) is 31.7. The number of pyridine rings is 1. The Labute approximate surface area is 270 Å². The topological polar surface area (TPSA) is 112 Å². The smallest absolute Gasteiger partial charge is 0.280 e. The zero-order valence-electron chi connectivity index (χ0n) is 26.0. The number of methoxy groups -OCH3 is 2. The number of halogens is 2. The molecule has 0 unspecified atom stereocenters. The summed E-state index contributed by atoms with van der Waals surface area (Å²) in [4.78, 5) is 19.9. The molecule has 13 heteroatoms. The lowest BCUT2D eigenvalue weighted by Gasteiger charge is -2.27. The van der Waals surface area contributed by atoms with Crippen LogP contribution in [0.15, 0.2) is 73.1 Å². The molecule has 0 spiro atoms. The summed E-state index contributed by atoms with van der Waals surface area (Å²) in [6.45, 7) is 5.56. The molecule has 3 aromatic carbocycles. The van der Waals surface area contributed by atoms with Crippen molar-refractivity contribution in [1.29, 1.82) is 0 Å². The third-order valence-electron chi connectivity index (χ3n) is 7.69. The molecule has 47 heavy (non-hydrogen) atoms. The number of piperazine rings is 1. The lowest BCUT2D eigenvalue weighted by atomic mass is 10.1. The maximum absolute atomic E-state index is 15.3. The van der Waals surface area contributed by atoms with E-state index in [1.165, 1.54) is 54.4 Å². The van der Waals surface area contributed by atoms with Crippen molar-refractivity contribution in [3.8, 4) is 34.4 Å². The Morgan fingerprint density at radius 1 is 0.915 bits per heavy atom. The fraction of sp³-hybridized carbons (Fsp3) is 0.265. The van der Waals surface area contributed by atoms with Crippen molar-refractivity contribution in [2.75, 3.05) is 58.9 Å². The average molecular weight is 645 g/mol. The molecule has 1 aliphatic rings. The number of hydrogen-bond acceptors (Lipinski definition) is 9. The second-order valence-electron chi connectivity index (χ2n) is 10.8. The van der Waals surface area contributed by atoms with Gasteiger partial charge in [-0.2, -0.15) is 5.10 Å². The highest BCUT2D eigenvalue weighted by Crippen LogP contribution is 2.38. The van der Waals surface area contributed by atoms with Crippen LogP contribution < -0.4 is 29.6 Å². The average Bonchev–Trinajstić information content (AvgIpc) is 3.53. The highest BCUT2D eigenvalue weighted by molar-refractivity contribution is 6.04. The molecule has 1 fully saturated rings. The Kier molecular flexibility index (Phi) is 9.74. The Balaban J connectivity index is 1.14. The number of amides is 1. The maximum Gasteiger partial charge on any atom is 0.280 e. The predicted octanol–water partition coefficient (Wildman–Crippen LogP) is 5.43. The second kappa shape index (κ2) is 14.4. The summed E-state index contributed by atoms with van der Waals surface area (Å²) in [6.07, 6.45) is 3.95. The first-order valence-electron chi connectivity index (χ1n) is 15.1. The Hall–Kier alpha value is -5.27. The number of ether oxygens (including phenoxy) is 4. The normalized spacial score (nSPS) is 13.4. The number of aromatic nitrogens is 3. The van der Waals surface area contributed by atoms with Crippen LogP contribution in [0.2, 0.25) is 0 Å². The van der Waals surface area contributed by atoms with E-state index in [1.807, 2.05) is 0 Å². The van der Waals surface area contributed by atoms with Gasteiger partial charge in [-0.05, 0) is 55.0 Å². The molecule has 2 aromatic heterocycles. The molecule has 5 aromatic rings. The van der Waals surface area contributed by atoms with Crippen LogP contribution in [0.25, 0.3) is 16.6 Å². The van der Waals surface area contributed by atoms with Crippen molar-refractivity contribution < 1.29 is 32.5 Å². The van der Waals surface area contributed by atoms with Crippen molar-refractivity contribution in [3.63, 3.8) is 0 Å². The highest BCUT2D eigenvalue weighted by Gasteiger charge is 2.20. The van der Waals surface area contributed by atoms with Crippen molar-refractivity contribution in [2.24, 2.45) is 0 Å². The third kappa shape index (κ3) is 7.42. The van der Waals surface area contributed by atoms with Gasteiger partial charge in [0.05, 0.1) is 38.2 Å². The van der Waals surface area contributed by atoms with E-state index in [0.717, 1.165) is 45.2 Å². The Morgan fingerprint density at radius 2 is 1.70 bits per heavy atom. The fourth-order valence-electron chi connectivity index (χ4n) is 5.26. The van der Waals surface area contributed by atoms with Gasteiger partial charge < -0.3 is 34.5 Å². The number of benzene rings is 3. The van der Waals surface area contributed by atoms with E-state index in [1.54, 1.807) is 31.5 Å². The van der Waals surface area contributed by atoms with E-state index in [-0.39, 0.29) is 22.9 Å². The van der Waals surface area contributed by atoms with Gasteiger partial charge in [-0.25, -0.2) is 13.5 Å². The minimum atomic E-state index is -0.701. The van der Waals surface area contributed by atoms with E-state index in [0.29, 0.717) is 40.4 Å². The van der Waals surface area contributed by atoms with Gasteiger partial charge in [-0.1, -0.05) is 0 Å². The molecule has 0 atom stereocenters. The van der Waals surface area contributed by atoms with Gasteiger partial charge in [-0.15, -0.1) is 0 Å². The molecule has 0 bridgehead atoms. The van der Waals surface area contributed by atoms with Crippen LogP contribution >= 0.6 is 0 Å². The number of anilines is 1. The van der Waals surface area contributed by atoms with Crippen LogP contribution in [0.5, 0.6) is 28.7 Å². The van der Waals surface area contributed by atoms with Crippen LogP contribution in [0.4, 0.5) is 14.5 Å². The van der Waals surface area contributed by atoms with E-state index in [9.17, 15) is 9.18 Å². The van der Waals surface area contributed by atoms with E-state index in [4.69, 9.17) is 18.9 Å². The number of carbonyl (C=O) groups excluding carboxylic acids is 1. The van der Waals surface area contributed by atoms with Gasteiger partial charge in [0.15, 0.2) is 34.5 Å². The molecular weight excluding hydrogens is 610 g/mol. The number of nitrogens with zero attached hydrogens (tertiary/aromatic N) is 4. The molecule has 3 heterocycles. The van der Waals surface area contributed by atoms with Crippen molar-refractivity contribution >= 4 is 22.5 Å². The summed E-state index contributed by atoms with van der Waals surface area (Å²) in [6, 6.07) is 14.8. The summed E-state index contributed by atoms with van der Waals surface area (Å²) in [5.74, 6) is -0.146. The third-order valence-corrected chi connectivity index (χ3v) is 7.69. The van der Waals surface area contributed by atoms with Crippen LogP contribution in [0.1, 0.15) is 16.9 Å². The summed E-state index contributed by atoms with van der Waals surface area (Å²) in [5, 5.41) is 10.9. The zero-order chi connectivity index (χ0) is 32.8. The van der Waals surface area contributed by atoms with E-state index < -0.39 is 17.5 Å². The standard InChI is InChI=1S/C34H34F2N6O5/c1-44-30-19-25-27(20-31(30)46-17-3-14-41-15-12-37-13-16-41)38-11-10-28(25)47-29-9-6-23(18-26(29)36)39-34(43)33-32(45-2)21-42(40-33)24-7-4-22(35)5-8-24/h4-11,18-21,37H,3,12-17H2,1-2H3,(H,39,43). The number of rotatable bonds is 12. The second-order valence-corrected chi connectivity index (χ2v) is 10.8. The van der Waals surface area contributed by atoms with Gasteiger partial charge >= 0.3 is 0 Å². The predicted molar refractivity (Wildman–Crippen MR) is 172 cm³/mol. The van der Waals surface area contributed by atoms with Gasteiger partial charge in [-0.3, -0.25) is 9.78 Å². The molecule has 2 N–H and O–H groups in total. The molecular formula is C34H34F2N6O5. The van der Waals surface area contributed by atoms with Crippen LogP contribution in [-0.2, 0) is 0 Å². The lowest BCUT2D eigenvalue weighted by Crippen LogP contribution is -2.43. The zero-order valence-corrected chi connectivity index (χ0v) is 26.0. The number of nitrogens with one attached hydrogen (secondary N) is 2. The minimum absolute atomic E-state index is 0.0299.